The molecule has 0 bridgehead atoms. The molecule has 3 rings (SSSR count). The van der Waals surface area contributed by atoms with Crippen molar-refractivity contribution < 1.29 is 28.9 Å². The van der Waals surface area contributed by atoms with Crippen molar-refractivity contribution >= 4 is 11.9 Å². The maximum absolute atomic E-state index is 12.8. The first-order chi connectivity index (χ1) is 16.9. The van der Waals surface area contributed by atoms with E-state index in [4.69, 9.17) is 14.2 Å². The summed E-state index contributed by atoms with van der Waals surface area (Å²) in [6, 6.07) is 10.4. The number of nitrogens with one attached hydrogen (secondary N) is 1. The number of ether oxygens (including phenoxy) is 3. The lowest BCUT2D eigenvalue weighted by molar-refractivity contribution is -0.153. The molecule has 1 heterocycles. The lowest BCUT2D eigenvalue weighted by Crippen LogP contribution is -2.42. The third-order valence-corrected chi connectivity index (χ3v) is 5.76. The Morgan fingerprint density at radius 1 is 1.14 bits per heavy atom. The minimum Gasteiger partial charge on any atom is -0.503 e. The molecule has 1 aromatic heterocycles. The number of nitrogens with zero attached hydrogens (tertiary/aromatic N) is 1. The summed E-state index contributed by atoms with van der Waals surface area (Å²) in [5.74, 6) is -0.876. The zero-order valence-electron chi connectivity index (χ0n) is 20.3. The molecule has 186 valence electrons. The van der Waals surface area contributed by atoms with Crippen molar-refractivity contribution in [3.05, 3.63) is 77.8 Å². The fourth-order valence-electron chi connectivity index (χ4n) is 3.65. The average molecular weight is 481 g/mol. The topological polar surface area (TPSA) is 107 Å². The first-order valence-corrected chi connectivity index (χ1v) is 11.7. The van der Waals surface area contributed by atoms with E-state index in [1.807, 2.05) is 43.3 Å². The van der Waals surface area contributed by atoms with E-state index in [1.54, 1.807) is 0 Å². The second-order valence-electron chi connectivity index (χ2n) is 8.39. The molecule has 2 N–H and O–H groups in total. The number of amides is 1. The van der Waals surface area contributed by atoms with E-state index in [0.717, 1.165) is 24.2 Å². The zero-order chi connectivity index (χ0) is 25.2. The molecule has 1 aliphatic carbocycles. The second-order valence-corrected chi connectivity index (χ2v) is 8.39. The Morgan fingerprint density at radius 2 is 1.91 bits per heavy atom. The molecule has 0 unspecified atom stereocenters. The largest absolute Gasteiger partial charge is 0.503 e. The molecule has 0 fully saturated rings. The Hall–Kier alpha value is -3.81. The summed E-state index contributed by atoms with van der Waals surface area (Å²) in [5.41, 5.74) is 0.874. The van der Waals surface area contributed by atoms with Crippen LogP contribution in [0.3, 0.4) is 0 Å². The van der Waals surface area contributed by atoms with Crippen LogP contribution in [0.4, 0.5) is 0 Å². The van der Waals surface area contributed by atoms with Crippen LogP contribution in [-0.4, -0.2) is 47.8 Å². The number of allylic oxidation sites excluding steroid dienone is 3. The second kappa shape index (κ2) is 12.6. The zero-order valence-corrected chi connectivity index (χ0v) is 20.3. The molecule has 0 radical (unpaired) electrons. The van der Waals surface area contributed by atoms with Gasteiger partial charge >= 0.3 is 5.97 Å². The van der Waals surface area contributed by atoms with Gasteiger partial charge in [-0.3, -0.25) is 4.79 Å². The van der Waals surface area contributed by atoms with Gasteiger partial charge in [0.05, 0.1) is 13.7 Å². The fourth-order valence-corrected chi connectivity index (χ4v) is 3.65. The number of rotatable bonds is 11. The molecule has 8 heteroatoms. The first kappa shape index (κ1) is 25.8. The fraction of sp³-hybridized carbons (Fsp3) is 0.370. The van der Waals surface area contributed by atoms with E-state index in [1.165, 1.54) is 26.3 Å². The number of aromatic hydroxyl groups is 1. The molecule has 8 nitrogen and oxygen atoms in total. The Morgan fingerprint density at radius 3 is 2.60 bits per heavy atom. The molecule has 1 aliphatic rings. The normalized spacial score (nSPS) is 15.3. The molecule has 1 amide bonds. The summed E-state index contributed by atoms with van der Waals surface area (Å²) in [6.07, 6.45) is 9.55. The van der Waals surface area contributed by atoms with Gasteiger partial charge < -0.3 is 24.6 Å². The molecule has 2 aromatic rings. The molecule has 0 saturated carbocycles. The van der Waals surface area contributed by atoms with Crippen molar-refractivity contribution in [3.63, 3.8) is 0 Å². The third-order valence-electron chi connectivity index (χ3n) is 5.76. The maximum Gasteiger partial charge on any atom is 0.328 e. The van der Waals surface area contributed by atoms with Crippen molar-refractivity contribution in [1.82, 2.24) is 10.3 Å². The van der Waals surface area contributed by atoms with E-state index in [-0.39, 0.29) is 17.4 Å². The van der Waals surface area contributed by atoms with Crippen LogP contribution in [0.1, 0.15) is 42.7 Å². The summed E-state index contributed by atoms with van der Waals surface area (Å²) in [5, 5.41) is 12.7. The number of carbonyl (C=O) groups excluding carboxylic acids is 2. The SMILES string of the molecule is COc1ccnc(C(=O)N[C@@H](C)C(=O)O[C@@H](C)[C@@H](COC2=CCCC=C2)Cc2ccccc2)c1O. The predicted octanol–water partition coefficient (Wildman–Crippen LogP) is 3.96. The van der Waals surface area contributed by atoms with Gasteiger partial charge in [0.15, 0.2) is 17.2 Å². The maximum atomic E-state index is 12.8. The van der Waals surface area contributed by atoms with E-state index in [2.05, 4.69) is 22.5 Å². The highest BCUT2D eigenvalue weighted by molar-refractivity contribution is 5.97. The van der Waals surface area contributed by atoms with Gasteiger partial charge in [-0.2, -0.15) is 0 Å². The summed E-state index contributed by atoms with van der Waals surface area (Å²) in [4.78, 5) is 29.2. The van der Waals surface area contributed by atoms with Crippen LogP contribution in [0.25, 0.3) is 0 Å². The van der Waals surface area contributed by atoms with E-state index in [0.29, 0.717) is 13.0 Å². The highest BCUT2D eigenvalue weighted by atomic mass is 16.5. The quantitative estimate of drug-likeness (QED) is 0.469. The van der Waals surface area contributed by atoms with Gasteiger partial charge in [0, 0.05) is 18.2 Å². The Bertz CT molecular complexity index is 1070. The number of esters is 1. The summed E-state index contributed by atoms with van der Waals surface area (Å²) in [7, 11) is 1.37. The van der Waals surface area contributed by atoms with Gasteiger partial charge in [-0.05, 0) is 50.8 Å². The number of pyridine rings is 1. The summed E-state index contributed by atoms with van der Waals surface area (Å²) >= 11 is 0. The molecule has 0 aliphatic heterocycles. The number of methoxy groups -OCH3 is 1. The predicted molar refractivity (Wildman–Crippen MR) is 131 cm³/mol. The third kappa shape index (κ3) is 7.34. The number of aromatic nitrogens is 1. The van der Waals surface area contributed by atoms with Crippen LogP contribution in [-0.2, 0) is 20.7 Å². The minimum atomic E-state index is -0.959. The molecular weight excluding hydrogens is 448 g/mol. The molecule has 0 saturated heterocycles. The van der Waals surface area contributed by atoms with E-state index < -0.39 is 29.8 Å². The Balaban J connectivity index is 1.63. The number of hydrogen-bond donors (Lipinski definition) is 2. The van der Waals surface area contributed by atoms with Crippen molar-refractivity contribution in [2.24, 2.45) is 5.92 Å². The number of benzene rings is 1. The van der Waals surface area contributed by atoms with Gasteiger partial charge in [0.25, 0.3) is 5.91 Å². The van der Waals surface area contributed by atoms with Crippen LogP contribution in [0.5, 0.6) is 11.5 Å². The van der Waals surface area contributed by atoms with Gasteiger partial charge in [0.1, 0.15) is 17.9 Å². The summed E-state index contributed by atoms with van der Waals surface area (Å²) in [6.45, 7) is 3.72. The van der Waals surface area contributed by atoms with Crippen molar-refractivity contribution in [2.75, 3.05) is 13.7 Å². The van der Waals surface area contributed by atoms with Crippen molar-refractivity contribution in [1.29, 1.82) is 0 Å². The van der Waals surface area contributed by atoms with Crippen LogP contribution in [0.2, 0.25) is 0 Å². The molecule has 1 aromatic carbocycles. The molecule has 35 heavy (non-hydrogen) atoms. The van der Waals surface area contributed by atoms with Crippen LogP contribution < -0.4 is 10.1 Å². The summed E-state index contributed by atoms with van der Waals surface area (Å²) < 4.78 is 16.7. The van der Waals surface area contributed by atoms with E-state index >= 15 is 0 Å². The Kier molecular flexibility index (Phi) is 9.29. The van der Waals surface area contributed by atoms with Gasteiger partial charge in [-0.15, -0.1) is 0 Å². The highest BCUT2D eigenvalue weighted by Gasteiger charge is 2.27. The monoisotopic (exact) mass is 480 g/mol. The lowest BCUT2D eigenvalue weighted by Gasteiger charge is -2.26. The number of hydrogen-bond acceptors (Lipinski definition) is 7. The van der Waals surface area contributed by atoms with Crippen LogP contribution in [0, 0.1) is 5.92 Å². The molecular formula is C27H32N2O6. The standard InChI is InChI=1S/C27H32N2O6/c1-18(29-26(31)24-25(30)23(33-3)14-15-28-24)27(32)35-19(2)21(16-20-10-6-4-7-11-20)17-34-22-12-8-5-9-13-22/h4,6-8,10-15,18-19,21,30H,5,9,16-17H2,1-3H3,(H,29,31)/t18-,19-,21+/m0/s1. The van der Waals surface area contributed by atoms with E-state index in [9.17, 15) is 14.7 Å². The smallest absolute Gasteiger partial charge is 0.328 e. The highest BCUT2D eigenvalue weighted by Crippen LogP contribution is 2.27. The van der Waals surface area contributed by atoms with Gasteiger partial charge in [0.2, 0.25) is 0 Å². The Labute approximate surface area is 205 Å². The van der Waals surface area contributed by atoms with Crippen molar-refractivity contribution in [3.8, 4) is 11.5 Å². The van der Waals surface area contributed by atoms with Gasteiger partial charge in [-0.25, -0.2) is 9.78 Å². The number of carbonyl (C=O) groups is 2. The van der Waals surface area contributed by atoms with Gasteiger partial charge in [-0.1, -0.05) is 36.4 Å². The average Bonchev–Trinajstić information content (AvgIpc) is 2.87. The molecule has 0 spiro atoms. The molecule has 3 atom stereocenters. The first-order valence-electron chi connectivity index (χ1n) is 11.7. The minimum absolute atomic E-state index is 0.107. The van der Waals surface area contributed by atoms with Crippen molar-refractivity contribution in [2.45, 2.75) is 45.3 Å². The van der Waals surface area contributed by atoms with Crippen LogP contribution >= 0.6 is 0 Å². The van der Waals surface area contributed by atoms with Crippen LogP contribution in [0.15, 0.2) is 66.6 Å². The lowest BCUT2D eigenvalue weighted by atomic mass is 9.95.